The van der Waals surface area contributed by atoms with Crippen molar-refractivity contribution >= 4 is 43.6 Å². The van der Waals surface area contributed by atoms with Crippen molar-refractivity contribution in [3.05, 3.63) is 139 Å². The van der Waals surface area contributed by atoms with Gasteiger partial charge in [-0.05, 0) is 58.7 Å². The van der Waals surface area contributed by atoms with Crippen LogP contribution in [0.5, 0.6) is 0 Å². The molecule has 2 nitrogen and oxygen atoms in total. The molecule has 0 aliphatic rings. The average molecular weight is 503 g/mol. The molecule has 0 amide bonds. The molecule has 3 heteroatoms. The number of nitrogens with zero attached hydrogens (tertiary/aromatic N) is 1. The predicted molar refractivity (Wildman–Crippen MR) is 161 cm³/mol. The van der Waals surface area contributed by atoms with E-state index in [1.165, 1.54) is 39.2 Å². The van der Waals surface area contributed by atoms with Crippen LogP contribution < -0.4 is 0 Å². The standard InChI is InChI=1S/C36H23FN2/c37-25-16-14-24(15-17-25)27-19-18-26(22-32(27)23-8-2-1-3-9-23)39-34-13-7-5-11-29(34)31-21-20-30-28-10-4-6-12-33(28)38-35(30)36(31)39/h1-22,38H. The zero-order valence-corrected chi connectivity index (χ0v) is 21.0. The van der Waals surface area contributed by atoms with Crippen LogP contribution in [0.25, 0.3) is 71.6 Å². The van der Waals surface area contributed by atoms with Crippen LogP contribution in [0.2, 0.25) is 0 Å². The van der Waals surface area contributed by atoms with E-state index in [2.05, 4.69) is 113 Å². The lowest BCUT2D eigenvalue weighted by atomic mass is 9.94. The molecular weight excluding hydrogens is 479 g/mol. The Hall–Kier alpha value is -5.15. The van der Waals surface area contributed by atoms with Crippen molar-refractivity contribution in [2.24, 2.45) is 0 Å². The summed E-state index contributed by atoms with van der Waals surface area (Å²) < 4.78 is 16.1. The topological polar surface area (TPSA) is 20.7 Å². The molecule has 1 N–H and O–H groups in total. The summed E-state index contributed by atoms with van der Waals surface area (Å²) in [5.41, 5.74) is 9.96. The zero-order valence-electron chi connectivity index (χ0n) is 21.0. The molecule has 0 radical (unpaired) electrons. The number of rotatable bonds is 3. The SMILES string of the molecule is Fc1ccc(-c2ccc(-n3c4ccccc4c4ccc5c6ccccc6[nH]c5c43)cc2-c2ccccc2)cc1. The monoisotopic (exact) mass is 502 g/mol. The third-order valence-corrected chi connectivity index (χ3v) is 7.81. The molecule has 0 saturated carbocycles. The molecule has 2 aromatic heterocycles. The van der Waals surface area contributed by atoms with Crippen LogP contribution in [-0.2, 0) is 0 Å². The van der Waals surface area contributed by atoms with Gasteiger partial charge < -0.3 is 9.55 Å². The Balaban J connectivity index is 1.48. The van der Waals surface area contributed by atoms with Gasteiger partial charge in [-0.25, -0.2) is 4.39 Å². The van der Waals surface area contributed by atoms with E-state index in [9.17, 15) is 4.39 Å². The summed E-state index contributed by atoms with van der Waals surface area (Å²) in [6, 6.07) is 45.4. The minimum atomic E-state index is -0.232. The third-order valence-electron chi connectivity index (χ3n) is 7.81. The molecule has 8 rings (SSSR count). The Morgan fingerprint density at radius 1 is 0.513 bits per heavy atom. The van der Waals surface area contributed by atoms with Crippen LogP contribution in [0.4, 0.5) is 4.39 Å². The highest BCUT2D eigenvalue weighted by atomic mass is 19.1. The highest BCUT2D eigenvalue weighted by Gasteiger charge is 2.18. The van der Waals surface area contributed by atoms with Crippen LogP contribution in [0, 0.1) is 5.82 Å². The number of hydrogen-bond donors (Lipinski definition) is 1. The fraction of sp³-hybridized carbons (Fsp3) is 0. The summed E-state index contributed by atoms with van der Waals surface area (Å²) >= 11 is 0. The van der Waals surface area contributed by atoms with Crippen molar-refractivity contribution in [3.63, 3.8) is 0 Å². The number of H-pyrrole nitrogens is 1. The van der Waals surface area contributed by atoms with Crippen molar-refractivity contribution in [1.82, 2.24) is 9.55 Å². The number of fused-ring (bicyclic) bond motifs is 7. The third kappa shape index (κ3) is 3.33. The Kier molecular flexibility index (Phi) is 4.74. The van der Waals surface area contributed by atoms with Gasteiger partial charge in [0.2, 0.25) is 0 Å². The minimum Gasteiger partial charge on any atom is -0.353 e. The molecule has 6 aromatic carbocycles. The second-order valence-corrected chi connectivity index (χ2v) is 10.0. The van der Waals surface area contributed by atoms with Crippen LogP contribution in [-0.4, -0.2) is 9.55 Å². The lowest BCUT2D eigenvalue weighted by Gasteiger charge is -2.15. The number of halogens is 1. The summed E-state index contributed by atoms with van der Waals surface area (Å²) in [4.78, 5) is 3.72. The molecule has 0 unspecified atom stereocenters. The molecule has 0 saturated heterocycles. The van der Waals surface area contributed by atoms with E-state index in [4.69, 9.17) is 0 Å². The molecule has 0 atom stereocenters. The maximum Gasteiger partial charge on any atom is 0.123 e. The van der Waals surface area contributed by atoms with E-state index < -0.39 is 0 Å². The van der Waals surface area contributed by atoms with Gasteiger partial charge in [-0.2, -0.15) is 0 Å². The number of benzene rings is 6. The molecular formula is C36H23FN2. The second kappa shape index (κ2) is 8.44. The smallest absolute Gasteiger partial charge is 0.123 e. The molecule has 0 aliphatic heterocycles. The normalized spacial score (nSPS) is 11.7. The molecule has 8 aromatic rings. The van der Waals surface area contributed by atoms with Gasteiger partial charge >= 0.3 is 0 Å². The lowest BCUT2D eigenvalue weighted by Crippen LogP contribution is -1.96. The summed E-state index contributed by atoms with van der Waals surface area (Å²) in [6.45, 7) is 0. The molecule has 0 spiro atoms. The largest absolute Gasteiger partial charge is 0.353 e. The van der Waals surface area contributed by atoms with Crippen molar-refractivity contribution in [2.75, 3.05) is 0 Å². The van der Waals surface area contributed by atoms with E-state index in [1.54, 1.807) is 0 Å². The molecule has 0 aliphatic carbocycles. The van der Waals surface area contributed by atoms with Gasteiger partial charge in [0.15, 0.2) is 0 Å². The second-order valence-electron chi connectivity index (χ2n) is 10.0. The van der Waals surface area contributed by atoms with Gasteiger partial charge in [0.25, 0.3) is 0 Å². The zero-order chi connectivity index (χ0) is 25.9. The highest BCUT2D eigenvalue weighted by Crippen LogP contribution is 2.40. The summed E-state index contributed by atoms with van der Waals surface area (Å²) in [6.07, 6.45) is 0. The first-order chi connectivity index (χ1) is 19.3. The van der Waals surface area contributed by atoms with Gasteiger partial charge in [-0.15, -0.1) is 0 Å². The Bertz CT molecular complexity index is 2170. The average Bonchev–Trinajstić information content (AvgIpc) is 3.54. The van der Waals surface area contributed by atoms with Crippen LogP contribution in [0.15, 0.2) is 133 Å². The summed E-state index contributed by atoms with van der Waals surface area (Å²) in [7, 11) is 0. The van der Waals surface area contributed by atoms with E-state index in [-0.39, 0.29) is 5.82 Å². The number of nitrogens with one attached hydrogen (secondary N) is 1. The molecule has 184 valence electrons. The first-order valence-electron chi connectivity index (χ1n) is 13.1. The van der Waals surface area contributed by atoms with Gasteiger partial charge in [-0.3, -0.25) is 0 Å². The van der Waals surface area contributed by atoms with Crippen LogP contribution in [0.3, 0.4) is 0 Å². The quantitative estimate of drug-likeness (QED) is 0.248. The summed E-state index contributed by atoms with van der Waals surface area (Å²) in [5, 5.41) is 4.88. The number of hydrogen-bond acceptors (Lipinski definition) is 0. The van der Waals surface area contributed by atoms with E-state index in [0.29, 0.717) is 0 Å². The molecule has 0 fully saturated rings. The Morgan fingerprint density at radius 2 is 1.21 bits per heavy atom. The fourth-order valence-electron chi connectivity index (χ4n) is 6.05. The maximum atomic E-state index is 13.8. The van der Waals surface area contributed by atoms with Crippen LogP contribution >= 0.6 is 0 Å². The fourth-order valence-corrected chi connectivity index (χ4v) is 6.05. The molecule has 39 heavy (non-hydrogen) atoms. The van der Waals surface area contributed by atoms with Crippen molar-refractivity contribution in [2.45, 2.75) is 0 Å². The van der Waals surface area contributed by atoms with E-state index in [0.717, 1.165) is 44.5 Å². The molecule has 0 bridgehead atoms. The number of aromatic nitrogens is 2. The van der Waals surface area contributed by atoms with Gasteiger partial charge in [0.1, 0.15) is 5.82 Å². The highest BCUT2D eigenvalue weighted by molar-refractivity contribution is 6.22. The number of aromatic amines is 1. The summed E-state index contributed by atoms with van der Waals surface area (Å²) in [5.74, 6) is -0.232. The Morgan fingerprint density at radius 3 is 2.05 bits per heavy atom. The maximum absolute atomic E-state index is 13.8. The van der Waals surface area contributed by atoms with E-state index >= 15 is 0 Å². The minimum absolute atomic E-state index is 0.232. The van der Waals surface area contributed by atoms with Gasteiger partial charge in [0.05, 0.1) is 16.6 Å². The van der Waals surface area contributed by atoms with E-state index in [1.807, 2.05) is 18.2 Å². The first kappa shape index (κ1) is 21.9. The van der Waals surface area contributed by atoms with Gasteiger partial charge in [-0.1, -0.05) is 97.1 Å². The van der Waals surface area contributed by atoms with Crippen molar-refractivity contribution in [1.29, 1.82) is 0 Å². The van der Waals surface area contributed by atoms with Crippen molar-refractivity contribution < 1.29 is 4.39 Å². The molecule has 2 heterocycles. The van der Waals surface area contributed by atoms with Gasteiger partial charge in [0, 0.05) is 32.7 Å². The Labute approximate surface area is 224 Å². The lowest BCUT2D eigenvalue weighted by molar-refractivity contribution is 0.628. The van der Waals surface area contributed by atoms with Crippen LogP contribution in [0.1, 0.15) is 0 Å². The predicted octanol–water partition coefficient (Wildman–Crippen LogP) is 9.89. The van der Waals surface area contributed by atoms with Crippen molar-refractivity contribution in [3.8, 4) is 27.9 Å². The first-order valence-corrected chi connectivity index (χ1v) is 13.1. The number of para-hydroxylation sites is 2.